The van der Waals surface area contributed by atoms with Gasteiger partial charge in [-0.2, -0.15) is 0 Å². The predicted octanol–water partition coefficient (Wildman–Crippen LogP) is 3.34. The Morgan fingerprint density at radius 3 is 2.71 bits per heavy atom. The lowest BCUT2D eigenvalue weighted by molar-refractivity contribution is 0.626. The van der Waals surface area contributed by atoms with Crippen LogP contribution in [0.4, 0.5) is 10.1 Å². The Bertz CT molecular complexity index is 331. The van der Waals surface area contributed by atoms with Crippen molar-refractivity contribution >= 4 is 5.69 Å². The van der Waals surface area contributed by atoms with Crippen molar-refractivity contribution in [3.63, 3.8) is 0 Å². The summed E-state index contributed by atoms with van der Waals surface area (Å²) in [5.74, 6) is 0.659. The molecule has 0 aliphatic heterocycles. The van der Waals surface area contributed by atoms with Crippen LogP contribution in [-0.4, -0.2) is 6.04 Å². The van der Waals surface area contributed by atoms with Gasteiger partial charge in [-0.1, -0.05) is 0 Å². The number of hydrogen-bond acceptors (Lipinski definition) is 1. The highest BCUT2D eigenvalue weighted by molar-refractivity contribution is 5.51. The summed E-state index contributed by atoms with van der Waals surface area (Å²) in [5, 5.41) is 3.43. The van der Waals surface area contributed by atoms with Gasteiger partial charge in [-0.15, -0.1) is 0 Å². The first-order valence-electron chi connectivity index (χ1n) is 5.19. The summed E-state index contributed by atoms with van der Waals surface area (Å²) < 4.78 is 12.8. The summed E-state index contributed by atoms with van der Waals surface area (Å²) in [6.07, 6.45) is 2.66. The minimum absolute atomic E-state index is 0.160. The van der Waals surface area contributed by atoms with E-state index in [-0.39, 0.29) is 5.82 Å². The van der Waals surface area contributed by atoms with Gasteiger partial charge in [-0.3, -0.25) is 0 Å². The topological polar surface area (TPSA) is 12.0 Å². The predicted molar refractivity (Wildman–Crippen MR) is 56.9 cm³/mol. The summed E-state index contributed by atoms with van der Waals surface area (Å²) in [4.78, 5) is 0. The first-order valence-corrected chi connectivity index (χ1v) is 5.19. The van der Waals surface area contributed by atoms with Crippen LogP contribution in [0.1, 0.15) is 25.3 Å². The summed E-state index contributed by atoms with van der Waals surface area (Å²) in [6.45, 7) is 4.13. The van der Waals surface area contributed by atoms with Crippen LogP contribution in [-0.2, 0) is 0 Å². The fourth-order valence-corrected chi connectivity index (χ4v) is 1.75. The van der Waals surface area contributed by atoms with E-state index >= 15 is 0 Å². The Morgan fingerprint density at radius 1 is 1.43 bits per heavy atom. The first-order chi connectivity index (χ1) is 6.66. The molecular formula is C12H16FN. The second kappa shape index (κ2) is 3.60. The van der Waals surface area contributed by atoms with E-state index in [2.05, 4.69) is 12.2 Å². The van der Waals surface area contributed by atoms with E-state index in [1.807, 2.05) is 13.0 Å². The van der Waals surface area contributed by atoms with E-state index in [0.29, 0.717) is 6.04 Å². The zero-order chi connectivity index (χ0) is 10.1. The molecule has 76 valence electrons. The minimum Gasteiger partial charge on any atom is -0.382 e. The van der Waals surface area contributed by atoms with Crippen molar-refractivity contribution in [3.8, 4) is 0 Å². The van der Waals surface area contributed by atoms with E-state index in [1.165, 1.54) is 18.9 Å². The van der Waals surface area contributed by atoms with Crippen molar-refractivity contribution < 1.29 is 4.39 Å². The fourth-order valence-electron chi connectivity index (χ4n) is 1.75. The molecule has 1 N–H and O–H groups in total. The molecule has 1 fully saturated rings. The molecule has 2 heteroatoms. The molecule has 1 aliphatic rings. The molecule has 1 aromatic rings. The average molecular weight is 193 g/mol. The number of rotatable bonds is 3. The fraction of sp³-hybridized carbons (Fsp3) is 0.500. The maximum atomic E-state index is 12.8. The molecule has 1 aromatic carbocycles. The van der Waals surface area contributed by atoms with E-state index in [1.54, 1.807) is 6.07 Å². The van der Waals surface area contributed by atoms with Gasteiger partial charge in [0.25, 0.3) is 0 Å². The summed E-state index contributed by atoms with van der Waals surface area (Å²) >= 11 is 0. The third-order valence-electron chi connectivity index (χ3n) is 2.90. The monoisotopic (exact) mass is 193 g/mol. The summed E-state index contributed by atoms with van der Waals surface area (Å²) in [5.41, 5.74) is 2.04. The Morgan fingerprint density at radius 2 is 2.14 bits per heavy atom. The van der Waals surface area contributed by atoms with Crippen LogP contribution >= 0.6 is 0 Å². The van der Waals surface area contributed by atoms with Crippen LogP contribution in [0.3, 0.4) is 0 Å². The molecule has 0 heterocycles. The standard InChI is InChI=1S/C12H16FN/c1-8-7-11(13)5-6-12(8)14-9(2)10-3-4-10/h5-7,9-10,14H,3-4H2,1-2H3. The lowest BCUT2D eigenvalue weighted by atomic mass is 10.1. The zero-order valence-electron chi connectivity index (χ0n) is 8.68. The number of anilines is 1. The number of halogens is 1. The van der Waals surface area contributed by atoms with Gasteiger partial charge < -0.3 is 5.32 Å². The first kappa shape index (κ1) is 9.50. The van der Waals surface area contributed by atoms with Crippen LogP contribution in [0.5, 0.6) is 0 Å². The molecule has 0 saturated heterocycles. The van der Waals surface area contributed by atoms with Crippen molar-refractivity contribution in [1.29, 1.82) is 0 Å². The van der Waals surface area contributed by atoms with Crippen molar-refractivity contribution in [1.82, 2.24) is 0 Å². The molecule has 1 aliphatic carbocycles. The quantitative estimate of drug-likeness (QED) is 0.776. The molecule has 1 nitrogen and oxygen atoms in total. The zero-order valence-corrected chi connectivity index (χ0v) is 8.68. The Labute approximate surface area is 84.3 Å². The second-order valence-corrected chi connectivity index (χ2v) is 4.23. The molecule has 0 radical (unpaired) electrons. The van der Waals surface area contributed by atoms with Gasteiger partial charge in [-0.25, -0.2) is 4.39 Å². The van der Waals surface area contributed by atoms with Crippen LogP contribution in [0.2, 0.25) is 0 Å². The molecule has 2 rings (SSSR count). The SMILES string of the molecule is Cc1cc(F)ccc1NC(C)C1CC1. The molecule has 1 saturated carbocycles. The highest BCUT2D eigenvalue weighted by Gasteiger charge is 2.27. The third-order valence-corrected chi connectivity index (χ3v) is 2.90. The van der Waals surface area contributed by atoms with Crippen molar-refractivity contribution in [2.24, 2.45) is 5.92 Å². The Kier molecular flexibility index (Phi) is 2.44. The number of benzene rings is 1. The average Bonchev–Trinajstić information content (AvgIpc) is 2.92. The molecule has 0 aromatic heterocycles. The maximum absolute atomic E-state index is 12.8. The Hall–Kier alpha value is -1.05. The van der Waals surface area contributed by atoms with E-state index in [0.717, 1.165) is 17.2 Å². The maximum Gasteiger partial charge on any atom is 0.123 e. The third kappa shape index (κ3) is 2.06. The molecule has 1 unspecified atom stereocenters. The van der Waals surface area contributed by atoms with Crippen LogP contribution < -0.4 is 5.32 Å². The van der Waals surface area contributed by atoms with Crippen molar-refractivity contribution in [2.75, 3.05) is 5.32 Å². The smallest absolute Gasteiger partial charge is 0.123 e. The number of hydrogen-bond donors (Lipinski definition) is 1. The summed E-state index contributed by atoms with van der Waals surface area (Å²) in [6, 6.07) is 5.42. The van der Waals surface area contributed by atoms with Crippen LogP contribution in [0.15, 0.2) is 18.2 Å². The normalized spacial score (nSPS) is 17.9. The van der Waals surface area contributed by atoms with E-state index in [9.17, 15) is 4.39 Å². The molecule has 0 amide bonds. The van der Waals surface area contributed by atoms with E-state index in [4.69, 9.17) is 0 Å². The largest absolute Gasteiger partial charge is 0.382 e. The molecular weight excluding hydrogens is 177 g/mol. The van der Waals surface area contributed by atoms with E-state index < -0.39 is 0 Å². The molecule has 0 bridgehead atoms. The highest BCUT2D eigenvalue weighted by Crippen LogP contribution is 2.34. The molecule has 1 atom stereocenters. The van der Waals surface area contributed by atoms with Gasteiger partial charge in [0.1, 0.15) is 5.82 Å². The Balaban J connectivity index is 2.07. The van der Waals surface area contributed by atoms with Gasteiger partial charge in [0.05, 0.1) is 0 Å². The molecule has 14 heavy (non-hydrogen) atoms. The number of aryl methyl sites for hydroxylation is 1. The van der Waals surface area contributed by atoms with Gasteiger partial charge in [0.2, 0.25) is 0 Å². The van der Waals surface area contributed by atoms with Crippen LogP contribution in [0, 0.1) is 18.7 Å². The van der Waals surface area contributed by atoms with Gasteiger partial charge in [0.15, 0.2) is 0 Å². The highest BCUT2D eigenvalue weighted by atomic mass is 19.1. The summed E-state index contributed by atoms with van der Waals surface area (Å²) in [7, 11) is 0. The lowest BCUT2D eigenvalue weighted by Crippen LogP contribution is -2.17. The number of nitrogens with one attached hydrogen (secondary N) is 1. The van der Waals surface area contributed by atoms with Crippen LogP contribution in [0.25, 0.3) is 0 Å². The van der Waals surface area contributed by atoms with Crippen molar-refractivity contribution in [2.45, 2.75) is 32.7 Å². The van der Waals surface area contributed by atoms with Gasteiger partial charge in [0, 0.05) is 11.7 Å². The second-order valence-electron chi connectivity index (χ2n) is 4.23. The van der Waals surface area contributed by atoms with Gasteiger partial charge in [-0.05, 0) is 56.4 Å². The minimum atomic E-state index is -0.160. The van der Waals surface area contributed by atoms with Gasteiger partial charge >= 0.3 is 0 Å². The molecule has 0 spiro atoms. The van der Waals surface area contributed by atoms with Crippen molar-refractivity contribution in [3.05, 3.63) is 29.6 Å². The lowest BCUT2D eigenvalue weighted by Gasteiger charge is -2.16.